The number of nitrogens with zero attached hydrogens (tertiary/aromatic N) is 3. The highest BCUT2D eigenvalue weighted by Gasteiger charge is 2.20. The van der Waals surface area contributed by atoms with Crippen molar-refractivity contribution < 1.29 is 4.79 Å². The maximum atomic E-state index is 12.5. The molecule has 0 saturated carbocycles. The van der Waals surface area contributed by atoms with Crippen molar-refractivity contribution in [2.75, 3.05) is 0 Å². The first-order valence-corrected chi connectivity index (χ1v) is 11.0. The number of nitrogens with one attached hydrogen (secondary N) is 1. The molecule has 29 heavy (non-hydrogen) atoms. The monoisotopic (exact) mass is 488 g/mol. The fourth-order valence-electron chi connectivity index (χ4n) is 2.62. The SMILES string of the molecule is CC(NC(=O)c1ccc(Cl)cc1Cl)c1nnc(SCc2ccc(Cl)c(Cl)c2)n1C. The number of benzene rings is 2. The second kappa shape index (κ2) is 9.58. The quantitative estimate of drug-likeness (QED) is 0.418. The van der Waals surface area contributed by atoms with Crippen molar-refractivity contribution in [3.8, 4) is 0 Å². The minimum absolute atomic E-state index is 0.290. The molecule has 0 radical (unpaired) electrons. The minimum atomic E-state index is -0.369. The molecule has 1 aromatic heterocycles. The van der Waals surface area contributed by atoms with Crippen LogP contribution in [0.15, 0.2) is 41.6 Å². The maximum Gasteiger partial charge on any atom is 0.253 e. The summed E-state index contributed by atoms with van der Waals surface area (Å²) in [6, 6.07) is 9.87. The Balaban J connectivity index is 1.67. The standard InChI is InChI=1S/C19H16Cl4N4OS/c1-10(24-18(28)13-5-4-12(20)8-15(13)22)17-25-26-19(27(17)2)29-9-11-3-6-14(21)16(23)7-11/h3-8,10H,9H2,1-2H3,(H,24,28). The molecule has 1 heterocycles. The first-order chi connectivity index (χ1) is 13.8. The zero-order valence-electron chi connectivity index (χ0n) is 15.4. The molecule has 1 atom stereocenters. The number of aromatic nitrogens is 3. The van der Waals surface area contributed by atoms with Crippen LogP contribution < -0.4 is 5.32 Å². The van der Waals surface area contributed by atoms with Gasteiger partial charge in [-0.1, -0.05) is 64.2 Å². The lowest BCUT2D eigenvalue weighted by atomic mass is 10.2. The van der Waals surface area contributed by atoms with Crippen LogP contribution in [0.3, 0.4) is 0 Å². The predicted octanol–water partition coefficient (Wildman–Crippen LogP) is 6.21. The van der Waals surface area contributed by atoms with E-state index in [4.69, 9.17) is 46.4 Å². The topological polar surface area (TPSA) is 59.8 Å². The third-order valence-corrected chi connectivity index (χ3v) is 6.51. The number of rotatable bonds is 6. The summed E-state index contributed by atoms with van der Waals surface area (Å²) >= 11 is 25.5. The number of carbonyl (C=O) groups excluding carboxylic acids is 1. The van der Waals surface area contributed by atoms with Crippen molar-refractivity contribution in [3.63, 3.8) is 0 Å². The molecule has 1 unspecified atom stereocenters. The molecule has 0 bridgehead atoms. The highest BCUT2D eigenvalue weighted by Crippen LogP contribution is 2.28. The van der Waals surface area contributed by atoms with E-state index in [9.17, 15) is 4.79 Å². The second-order valence-electron chi connectivity index (χ2n) is 6.26. The van der Waals surface area contributed by atoms with Crippen molar-refractivity contribution in [2.24, 2.45) is 7.05 Å². The first kappa shape index (κ1) is 22.2. The molecule has 152 valence electrons. The zero-order valence-corrected chi connectivity index (χ0v) is 19.3. The van der Waals surface area contributed by atoms with Crippen molar-refractivity contribution in [2.45, 2.75) is 23.9 Å². The molecule has 0 saturated heterocycles. The molecule has 10 heteroatoms. The van der Waals surface area contributed by atoms with Gasteiger partial charge in [0.05, 0.1) is 26.7 Å². The van der Waals surface area contributed by atoms with Crippen LogP contribution in [0.5, 0.6) is 0 Å². The van der Waals surface area contributed by atoms with E-state index in [1.807, 2.05) is 30.7 Å². The Labute approximate surface area is 192 Å². The summed E-state index contributed by atoms with van der Waals surface area (Å²) in [5.74, 6) is 0.969. The molecule has 0 aliphatic rings. The van der Waals surface area contributed by atoms with Crippen LogP contribution >= 0.6 is 58.2 Å². The van der Waals surface area contributed by atoms with Gasteiger partial charge in [0.25, 0.3) is 5.91 Å². The summed E-state index contributed by atoms with van der Waals surface area (Å²) in [4.78, 5) is 12.5. The Morgan fingerprint density at radius 1 is 1.07 bits per heavy atom. The molecular weight excluding hydrogens is 474 g/mol. The van der Waals surface area contributed by atoms with Crippen LogP contribution in [0.25, 0.3) is 0 Å². The summed E-state index contributed by atoms with van der Waals surface area (Å²) in [5, 5.41) is 13.8. The average molecular weight is 490 g/mol. The first-order valence-electron chi connectivity index (χ1n) is 8.48. The van der Waals surface area contributed by atoms with Gasteiger partial charge in [0.15, 0.2) is 11.0 Å². The lowest BCUT2D eigenvalue weighted by molar-refractivity contribution is 0.0938. The number of thioether (sulfide) groups is 1. The summed E-state index contributed by atoms with van der Waals surface area (Å²) < 4.78 is 1.84. The smallest absolute Gasteiger partial charge is 0.253 e. The Kier molecular flexibility index (Phi) is 7.35. The van der Waals surface area contributed by atoms with Gasteiger partial charge in [-0.15, -0.1) is 10.2 Å². The molecule has 0 aliphatic heterocycles. The minimum Gasteiger partial charge on any atom is -0.342 e. The third-order valence-electron chi connectivity index (χ3n) is 4.13. The van der Waals surface area contributed by atoms with Gasteiger partial charge in [-0.25, -0.2) is 0 Å². The molecule has 0 fully saturated rings. The van der Waals surface area contributed by atoms with Crippen LogP contribution in [0, 0.1) is 0 Å². The Hall–Kier alpha value is -1.44. The number of hydrogen-bond donors (Lipinski definition) is 1. The van der Waals surface area contributed by atoms with Crippen molar-refractivity contribution in [1.82, 2.24) is 20.1 Å². The molecule has 3 rings (SSSR count). The van der Waals surface area contributed by atoms with Crippen LogP contribution in [0.4, 0.5) is 0 Å². The summed E-state index contributed by atoms with van der Waals surface area (Å²) in [7, 11) is 1.85. The summed E-state index contributed by atoms with van der Waals surface area (Å²) in [6.45, 7) is 1.83. The fourth-order valence-corrected chi connectivity index (χ4v) is 4.29. The molecule has 1 N–H and O–H groups in total. The average Bonchev–Trinajstić information content (AvgIpc) is 3.03. The fraction of sp³-hybridized carbons (Fsp3) is 0.211. The molecule has 0 spiro atoms. The second-order valence-corrected chi connectivity index (χ2v) is 8.86. The predicted molar refractivity (Wildman–Crippen MR) is 119 cm³/mol. The maximum absolute atomic E-state index is 12.5. The largest absolute Gasteiger partial charge is 0.342 e. The van der Waals surface area contributed by atoms with E-state index in [1.54, 1.807) is 18.2 Å². The van der Waals surface area contributed by atoms with E-state index >= 15 is 0 Å². The molecular formula is C19H16Cl4N4OS. The lowest BCUT2D eigenvalue weighted by Gasteiger charge is -2.14. The van der Waals surface area contributed by atoms with E-state index in [0.29, 0.717) is 32.2 Å². The van der Waals surface area contributed by atoms with E-state index in [-0.39, 0.29) is 17.0 Å². The number of carbonyl (C=O) groups is 1. The number of amides is 1. The van der Waals surface area contributed by atoms with Crippen LogP contribution in [0.1, 0.15) is 34.7 Å². The molecule has 1 amide bonds. The molecule has 0 aliphatic carbocycles. The van der Waals surface area contributed by atoms with Gasteiger partial charge < -0.3 is 9.88 Å². The lowest BCUT2D eigenvalue weighted by Crippen LogP contribution is -2.28. The van der Waals surface area contributed by atoms with Crippen LogP contribution in [0.2, 0.25) is 20.1 Å². The van der Waals surface area contributed by atoms with E-state index in [1.165, 1.54) is 17.8 Å². The number of hydrogen-bond acceptors (Lipinski definition) is 4. The van der Waals surface area contributed by atoms with Crippen molar-refractivity contribution >= 4 is 64.1 Å². The van der Waals surface area contributed by atoms with Crippen LogP contribution in [-0.2, 0) is 12.8 Å². The van der Waals surface area contributed by atoms with Gasteiger partial charge in [-0.3, -0.25) is 4.79 Å². The van der Waals surface area contributed by atoms with Crippen molar-refractivity contribution in [3.05, 3.63) is 73.4 Å². The molecule has 2 aromatic carbocycles. The van der Waals surface area contributed by atoms with Gasteiger partial charge in [0.1, 0.15) is 0 Å². The highest BCUT2D eigenvalue weighted by atomic mass is 35.5. The van der Waals surface area contributed by atoms with E-state index in [2.05, 4.69) is 15.5 Å². The summed E-state index contributed by atoms with van der Waals surface area (Å²) in [5.41, 5.74) is 1.37. The van der Waals surface area contributed by atoms with Crippen molar-refractivity contribution in [1.29, 1.82) is 0 Å². The van der Waals surface area contributed by atoms with E-state index in [0.717, 1.165) is 10.7 Å². The van der Waals surface area contributed by atoms with Crippen LogP contribution in [-0.4, -0.2) is 20.7 Å². The van der Waals surface area contributed by atoms with Gasteiger partial charge in [-0.05, 0) is 42.8 Å². The normalized spacial score (nSPS) is 12.1. The van der Waals surface area contributed by atoms with Gasteiger partial charge in [-0.2, -0.15) is 0 Å². The van der Waals surface area contributed by atoms with Gasteiger partial charge in [0.2, 0.25) is 0 Å². The number of halogens is 4. The Morgan fingerprint density at radius 3 is 2.52 bits per heavy atom. The summed E-state index contributed by atoms with van der Waals surface area (Å²) in [6.07, 6.45) is 0. The zero-order chi connectivity index (χ0) is 21.1. The Morgan fingerprint density at radius 2 is 1.83 bits per heavy atom. The third kappa shape index (κ3) is 5.38. The van der Waals surface area contributed by atoms with Gasteiger partial charge >= 0.3 is 0 Å². The van der Waals surface area contributed by atoms with Gasteiger partial charge in [0, 0.05) is 17.8 Å². The highest BCUT2D eigenvalue weighted by molar-refractivity contribution is 7.98. The molecule has 3 aromatic rings. The molecule has 5 nitrogen and oxygen atoms in total. The van der Waals surface area contributed by atoms with E-state index < -0.39 is 0 Å². The Bertz CT molecular complexity index is 1060.